The van der Waals surface area contributed by atoms with E-state index in [0.717, 1.165) is 0 Å². The molecule has 1 N–H and O–H groups in total. The molecule has 1 amide bonds. The van der Waals surface area contributed by atoms with E-state index in [1.165, 1.54) is 0 Å². The molecule has 0 aliphatic carbocycles. The Bertz CT molecular complexity index is 173. The highest BCUT2D eigenvalue weighted by Gasteiger charge is 2.07. The summed E-state index contributed by atoms with van der Waals surface area (Å²) in [5.41, 5.74) is 0. The van der Waals surface area contributed by atoms with Crippen LogP contribution < -0.4 is 5.32 Å². The van der Waals surface area contributed by atoms with Crippen LogP contribution in [0.15, 0.2) is 0 Å². The number of carbonyl (C=O) groups excluding carboxylic acids is 1. The summed E-state index contributed by atoms with van der Waals surface area (Å²) in [6.07, 6.45) is 2.06. The molecule has 0 aromatic heterocycles. The van der Waals surface area contributed by atoms with Gasteiger partial charge in [-0.2, -0.15) is 12.6 Å². The van der Waals surface area contributed by atoms with E-state index in [4.69, 9.17) is 0 Å². The molecule has 0 aromatic carbocycles. The molecule has 72 valence electrons. The Hall–Kier alpha value is -0.0300. The van der Waals surface area contributed by atoms with Crippen molar-refractivity contribution < 1.29 is 9.00 Å². The molecule has 0 radical (unpaired) electrons. The predicted octanol–water partition coefficient (Wildman–Crippen LogP) is 0.190. The summed E-state index contributed by atoms with van der Waals surface area (Å²) in [4.78, 5) is 10.9. The second kappa shape index (κ2) is 6.48. The fraction of sp³-hybridized carbons (Fsp3) is 0.857. The maximum atomic E-state index is 10.9. The molecule has 0 aliphatic heterocycles. The number of hydrogen-bond acceptors (Lipinski definition) is 3. The van der Waals surface area contributed by atoms with Crippen molar-refractivity contribution in [2.24, 2.45) is 0 Å². The summed E-state index contributed by atoms with van der Waals surface area (Å²) in [7, 11) is -0.864. The SMILES string of the molecule is CC(CNC(=O)CCS)S(C)=O. The first-order valence-corrected chi connectivity index (χ1v) is 6.03. The number of nitrogens with one attached hydrogen (secondary N) is 1. The quantitative estimate of drug-likeness (QED) is 0.635. The van der Waals surface area contributed by atoms with Gasteiger partial charge in [-0.1, -0.05) is 0 Å². The first-order chi connectivity index (χ1) is 5.57. The van der Waals surface area contributed by atoms with E-state index in [9.17, 15) is 9.00 Å². The van der Waals surface area contributed by atoms with E-state index in [1.54, 1.807) is 6.26 Å². The van der Waals surface area contributed by atoms with Gasteiger partial charge in [-0.3, -0.25) is 9.00 Å². The summed E-state index contributed by atoms with van der Waals surface area (Å²) in [5, 5.41) is 2.71. The van der Waals surface area contributed by atoms with Gasteiger partial charge in [0, 0.05) is 35.3 Å². The summed E-state index contributed by atoms with van der Waals surface area (Å²) >= 11 is 3.92. The third-order valence-corrected chi connectivity index (χ3v) is 3.02. The molecule has 0 heterocycles. The number of hydrogen-bond donors (Lipinski definition) is 2. The summed E-state index contributed by atoms with van der Waals surface area (Å²) in [6, 6.07) is 0. The Balaban J connectivity index is 3.54. The van der Waals surface area contributed by atoms with Crippen molar-refractivity contribution in [3.05, 3.63) is 0 Å². The summed E-state index contributed by atoms with van der Waals surface area (Å²) in [5.74, 6) is 0.525. The van der Waals surface area contributed by atoms with Gasteiger partial charge in [-0.25, -0.2) is 0 Å². The Labute approximate surface area is 81.2 Å². The third kappa shape index (κ3) is 5.60. The first-order valence-electron chi connectivity index (χ1n) is 3.77. The van der Waals surface area contributed by atoms with Crippen molar-refractivity contribution in [3.63, 3.8) is 0 Å². The minimum Gasteiger partial charge on any atom is -0.355 e. The molecule has 0 spiro atoms. The first kappa shape index (κ1) is 12.0. The second-order valence-corrected chi connectivity index (χ2v) is 4.84. The number of thiol groups is 1. The molecule has 2 atom stereocenters. The average Bonchev–Trinajstić information content (AvgIpc) is 2.00. The Morgan fingerprint density at radius 1 is 1.67 bits per heavy atom. The van der Waals surface area contributed by atoms with Gasteiger partial charge in [0.1, 0.15) is 0 Å². The van der Waals surface area contributed by atoms with Crippen LogP contribution in [-0.4, -0.2) is 33.9 Å². The zero-order chi connectivity index (χ0) is 9.56. The molecular formula is C7H15NO2S2. The predicted molar refractivity (Wildman–Crippen MR) is 55.0 cm³/mol. The van der Waals surface area contributed by atoms with E-state index in [2.05, 4.69) is 17.9 Å². The molecule has 0 aliphatic rings. The monoisotopic (exact) mass is 209 g/mol. The van der Waals surface area contributed by atoms with Gasteiger partial charge in [-0.05, 0) is 12.7 Å². The van der Waals surface area contributed by atoms with Gasteiger partial charge in [-0.15, -0.1) is 0 Å². The normalized spacial score (nSPS) is 15.2. The van der Waals surface area contributed by atoms with E-state index >= 15 is 0 Å². The van der Waals surface area contributed by atoms with Gasteiger partial charge in [0.2, 0.25) is 5.91 Å². The lowest BCUT2D eigenvalue weighted by Gasteiger charge is -2.08. The molecule has 0 fully saturated rings. The highest BCUT2D eigenvalue weighted by atomic mass is 32.2. The van der Waals surface area contributed by atoms with Crippen molar-refractivity contribution in [2.75, 3.05) is 18.6 Å². The molecular weight excluding hydrogens is 194 g/mol. The molecule has 0 aromatic rings. The van der Waals surface area contributed by atoms with Crippen LogP contribution in [0.3, 0.4) is 0 Å². The molecule has 0 saturated heterocycles. The molecule has 3 nitrogen and oxygen atoms in total. The smallest absolute Gasteiger partial charge is 0.220 e. The van der Waals surface area contributed by atoms with Gasteiger partial charge in [0.25, 0.3) is 0 Å². The Kier molecular flexibility index (Phi) is 6.47. The number of rotatable bonds is 5. The average molecular weight is 209 g/mol. The van der Waals surface area contributed by atoms with E-state index < -0.39 is 10.8 Å². The molecule has 12 heavy (non-hydrogen) atoms. The van der Waals surface area contributed by atoms with E-state index in [-0.39, 0.29) is 11.2 Å². The van der Waals surface area contributed by atoms with Crippen LogP contribution in [0.1, 0.15) is 13.3 Å². The maximum absolute atomic E-state index is 10.9. The lowest BCUT2D eigenvalue weighted by atomic mass is 10.4. The zero-order valence-electron chi connectivity index (χ0n) is 7.37. The van der Waals surface area contributed by atoms with E-state index in [1.807, 2.05) is 6.92 Å². The molecule has 2 unspecified atom stereocenters. The van der Waals surface area contributed by atoms with Gasteiger partial charge in [0.15, 0.2) is 0 Å². The highest BCUT2D eigenvalue weighted by molar-refractivity contribution is 7.84. The topological polar surface area (TPSA) is 46.2 Å². The molecule has 0 rings (SSSR count). The van der Waals surface area contributed by atoms with Crippen LogP contribution in [-0.2, 0) is 15.6 Å². The maximum Gasteiger partial charge on any atom is 0.220 e. The minimum atomic E-state index is -0.864. The van der Waals surface area contributed by atoms with Crippen molar-refractivity contribution in [2.45, 2.75) is 18.6 Å². The lowest BCUT2D eigenvalue weighted by molar-refractivity contribution is -0.120. The molecule has 0 saturated carbocycles. The van der Waals surface area contributed by atoms with Gasteiger partial charge < -0.3 is 5.32 Å². The zero-order valence-corrected chi connectivity index (χ0v) is 9.08. The number of carbonyl (C=O) groups is 1. The van der Waals surface area contributed by atoms with Crippen LogP contribution in [0.25, 0.3) is 0 Å². The van der Waals surface area contributed by atoms with Crippen LogP contribution in [0.5, 0.6) is 0 Å². The fourth-order valence-electron chi connectivity index (χ4n) is 0.565. The van der Waals surface area contributed by atoms with Crippen LogP contribution >= 0.6 is 12.6 Å². The fourth-order valence-corrected chi connectivity index (χ4v) is 1.09. The summed E-state index contributed by atoms with van der Waals surface area (Å²) in [6.45, 7) is 2.33. The lowest BCUT2D eigenvalue weighted by Crippen LogP contribution is -2.32. The van der Waals surface area contributed by atoms with Crippen LogP contribution in [0.4, 0.5) is 0 Å². The molecule has 5 heteroatoms. The standard InChI is InChI=1S/C7H15NO2S2/c1-6(12(2)10)5-8-7(9)3-4-11/h6,11H,3-5H2,1-2H3,(H,8,9). The van der Waals surface area contributed by atoms with Crippen LogP contribution in [0.2, 0.25) is 0 Å². The number of amides is 1. The van der Waals surface area contributed by atoms with E-state index in [0.29, 0.717) is 18.7 Å². The van der Waals surface area contributed by atoms with Crippen LogP contribution in [0, 0.1) is 0 Å². The van der Waals surface area contributed by atoms with Crippen molar-refractivity contribution in [1.29, 1.82) is 0 Å². The highest BCUT2D eigenvalue weighted by Crippen LogP contribution is 1.90. The van der Waals surface area contributed by atoms with Crippen molar-refractivity contribution in [1.82, 2.24) is 5.32 Å². The molecule has 0 bridgehead atoms. The van der Waals surface area contributed by atoms with Crippen molar-refractivity contribution in [3.8, 4) is 0 Å². The second-order valence-electron chi connectivity index (χ2n) is 2.59. The largest absolute Gasteiger partial charge is 0.355 e. The minimum absolute atomic E-state index is 0.0221. The Morgan fingerprint density at radius 2 is 2.25 bits per heavy atom. The van der Waals surface area contributed by atoms with Gasteiger partial charge >= 0.3 is 0 Å². The summed E-state index contributed by atoms with van der Waals surface area (Å²) < 4.78 is 10.9. The van der Waals surface area contributed by atoms with Gasteiger partial charge in [0.05, 0.1) is 0 Å². The third-order valence-electron chi connectivity index (χ3n) is 1.49. The van der Waals surface area contributed by atoms with Crippen molar-refractivity contribution >= 4 is 29.3 Å². The Morgan fingerprint density at radius 3 is 2.67 bits per heavy atom.